The molecule has 1 atom stereocenters. The average molecular weight is 411 g/mol. The molecule has 0 aromatic heterocycles. The molecule has 1 aromatic rings. The molecule has 2 saturated heterocycles. The lowest BCUT2D eigenvalue weighted by Gasteiger charge is -2.26. The molecule has 8 heteroatoms. The second-order valence-electron chi connectivity index (χ2n) is 7.43. The second kappa shape index (κ2) is 9.60. The van der Waals surface area contributed by atoms with E-state index in [4.69, 9.17) is 9.47 Å². The van der Waals surface area contributed by atoms with Gasteiger partial charge in [-0.15, -0.1) is 0 Å². The summed E-state index contributed by atoms with van der Waals surface area (Å²) in [5.41, 5.74) is 0.988. The fraction of sp³-hybridized carbons (Fsp3) is 0.650. The van der Waals surface area contributed by atoms with Crippen molar-refractivity contribution in [2.45, 2.75) is 45.2 Å². The molecule has 0 saturated carbocycles. The highest BCUT2D eigenvalue weighted by Crippen LogP contribution is 2.29. The van der Waals surface area contributed by atoms with Gasteiger partial charge in [0, 0.05) is 25.7 Å². The maximum atomic E-state index is 12.3. The summed E-state index contributed by atoms with van der Waals surface area (Å²) in [6.07, 6.45) is 3.95. The summed E-state index contributed by atoms with van der Waals surface area (Å²) in [4.78, 5) is 14.2. The van der Waals surface area contributed by atoms with Gasteiger partial charge in [-0.05, 0) is 50.3 Å². The molecule has 0 spiro atoms. The van der Waals surface area contributed by atoms with Gasteiger partial charge < -0.3 is 19.7 Å². The Morgan fingerprint density at radius 3 is 2.64 bits per heavy atom. The number of hydrogen-bond donors (Lipinski definition) is 1. The fourth-order valence-corrected chi connectivity index (χ4v) is 5.35. The zero-order valence-corrected chi connectivity index (χ0v) is 17.3. The van der Waals surface area contributed by atoms with Crippen LogP contribution in [0.1, 0.15) is 38.2 Å². The van der Waals surface area contributed by atoms with Crippen molar-refractivity contribution in [3.05, 3.63) is 23.8 Å². The molecule has 2 aliphatic rings. The van der Waals surface area contributed by atoms with E-state index in [9.17, 15) is 13.2 Å². The van der Waals surface area contributed by atoms with Gasteiger partial charge in [-0.1, -0.05) is 6.07 Å². The van der Waals surface area contributed by atoms with Crippen LogP contribution in [0.3, 0.4) is 0 Å². The van der Waals surface area contributed by atoms with E-state index >= 15 is 0 Å². The van der Waals surface area contributed by atoms with Gasteiger partial charge in [0.15, 0.2) is 27.9 Å². The van der Waals surface area contributed by atoms with Gasteiger partial charge in [-0.2, -0.15) is 0 Å². The van der Waals surface area contributed by atoms with E-state index in [0.29, 0.717) is 31.1 Å². The van der Waals surface area contributed by atoms with E-state index in [1.807, 2.05) is 30.0 Å². The molecule has 2 aliphatic heterocycles. The zero-order chi connectivity index (χ0) is 20.0. The van der Waals surface area contributed by atoms with Crippen LogP contribution in [0, 0.1) is 0 Å². The number of ether oxygens (including phenoxy) is 2. The number of piperidine rings is 1. The molecule has 1 aromatic carbocycles. The molecule has 156 valence electrons. The minimum Gasteiger partial charge on any atom is -0.490 e. The van der Waals surface area contributed by atoms with Gasteiger partial charge in [-0.3, -0.25) is 4.79 Å². The van der Waals surface area contributed by atoms with Crippen LogP contribution < -0.4 is 14.8 Å². The van der Waals surface area contributed by atoms with Gasteiger partial charge >= 0.3 is 0 Å². The number of amides is 1. The molecule has 28 heavy (non-hydrogen) atoms. The monoisotopic (exact) mass is 410 g/mol. The Balaban J connectivity index is 1.56. The number of carbonyl (C=O) groups is 1. The lowest BCUT2D eigenvalue weighted by molar-refractivity contribution is -0.134. The van der Waals surface area contributed by atoms with Crippen LogP contribution in [0.5, 0.6) is 11.5 Å². The van der Waals surface area contributed by atoms with Gasteiger partial charge in [0.25, 0.3) is 5.91 Å². The van der Waals surface area contributed by atoms with Crippen LogP contribution in [0.2, 0.25) is 0 Å². The Labute approximate surface area is 167 Å². The van der Waals surface area contributed by atoms with Crippen molar-refractivity contribution in [3.63, 3.8) is 0 Å². The van der Waals surface area contributed by atoms with Crippen molar-refractivity contribution < 1.29 is 22.7 Å². The van der Waals surface area contributed by atoms with E-state index in [-0.39, 0.29) is 30.1 Å². The summed E-state index contributed by atoms with van der Waals surface area (Å²) >= 11 is 0. The lowest BCUT2D eigenvalue weighted by Crippen LogP contribution is -2.38. The first kappa shape index (κ1) is 20.9. The van der Waals surface area contributed by atoms with Crippen molar-refractivity contribution in [3.8, 4) is 11.5 Å². The summed E-state index contributed by atoms with van der Waals surface area (Å²) < 4.78 is 34.6. The summed E-state index contributed by atoms with van der Waals surface area (Å²) in [6, 6.07) is 5.62. The first-order chi connectivity index (χ1) is 13.5. The zero-order valence-electron chi connectivity index (χ0n) is 16.5. The summed E-state index contributed by atoms with van der Waals surface area (Å²) in [7, 11) is -2.89. The number of nitrogens with zero attached hydrogens (tertiary/aromatic N) is 1. The quantitative estimate of drug-likeness (QED) is 0.703. The molecule has 2 fully saturated rings. The van der Waals surface area contributed by atoms with Crippen LogP contribution in [0.25, 0.3) is 0 Å². The maximum absolute atomic E-state index is 12.3. The molecule has 1 amide bonds. The first-order valence-electron chi connectivity index (χ1n) is 10.1. The van der Waals surface area contributed by atoms with E-state index in [0.717, 1.165) is 31.5 Å². The molecule has 3 rings (SSSR count). The molecular formula is C20H30N2O5S. The second-order valence-corrected chi connectivity index (χ2v) is 9.65. The predicted octanol–water partition coefficient (Wildman–Crippen LogP) is 1.75. The highest BCUT2D eigenvalue weighted by atomic mass is 32.2. The number of benzene rings is 1. The number of carbonyl (C=O) groups excluding carboxylic acids is 1. The Kier molecular flexibility index (Phi) is 7.18. The SMILES string of the molecule is CCOc1cc(CNC2CCS(=O)(=O)C2)ccc1OCC(=O)N1CCCCC1. The Morgan fingerprint density at radius 1 is 1.18 bits per heavy atom. The first-order valence-corrected chi connectivity index (χ1v) is 11.9. The van der Waals surface area contributed by atoms with Crippen LogP contribution in [0.15, 0.2) is 18.2 Å². The molecule has 1 unspecified atom stereocenters. The fourth-order valence-electron chi connectivity index (χ4n) is 3.64. The highest BCUT2D eigenvalue weighted by Gasteiger charge is 2.27. The van der Waals surface area contributed by atoms with Crippen molar-refractivity contribution in [1.82, 2.24) is 10.2 Å². The van der Waals surface area contributed by atoms with Gasteiger partial charge in [0.1, 0.15) is 0 Å². The Morgan fingerprint density at radius 2 is 1.96 bits per heavy atom. The van der Waals surface area contributed by atoms with Crippen molar-refractivity contribution >= 4 is 15.7 Å². The molecule has 0 aliphatic carbocycles. The van der Waals surface area contributed by atoms with Crippen molar-refractivity contribution in [2.75, 3.05) is 37.8 Å². The predicted molar refractivity (Wildman–Crippen MR) is 107 cm³/mol. The third kappa shape index (κ3) is 5.85. The van der Waals surface area contributed by atoms with Crippen LogP contribution in [-0.4, -0.2) is 63.1 Å². The number of rotatable bonds is 8. The van der Waals surface area contributed by atoms with Crippen molar-refractivity contribution in [2.24, 2.45) is 0 Å². The summed E-state index contributed by atoms with van der Waals surface area (Å²) in [5.74, 6) is 1.62. The normalized spacial score (nSPS) is 21.5. The largest absolute Gasteiger partial charge is 0.490 e. The van der Waals surface area contributed by atoms with Crippen LogP contribution >= 0.6 is 0 Å². The van der Waals surface area contributed by atoms with Crippen LogP contribution in [-0.2, 0) is 21.2 Å². The number of likely N-dealkylation sites (tertiary alicyclic amines) is 1. The number of sulfone groups is 1. The van der Waals surface area contributed by atoms with E-state index in [1.54, 1.807) is 0 Å². The maximum Gasteiger partial charge on any atom is 0.260 e. The number of nitrogens with one attached hydrogen (secondary N) is 1. The lowest BCUT2D eigenvalue weighted by atomic mass is 10.1. The molecule has 2 heterocycles. The Bertz CT molecular complexity index is 775. The third-order valence-corrected chi connectivity index (χ3v) is 6.96. The van der Waals surface area contributed by atoms with Crippen LogP contribution in [0.4, 0.5) is 0 Å². The van der Waals surface area contributed by atoms with E-state index < -0.39 is 9.84 Å². The minimum absolute atomic E-state index is 0.00126. The molecular weight excluding hydrogens is 380 g/mol. The number of hydrogen-bond acceptors (Lipinski definition) is 6. The van der Waals surface area contributed by atoms with Gasteiger partial charge in [0.05, 0.1) is 18.1 Å². The van der Waals surface area contributed by atoms with Gasteiger partial charge in [-0.25, -0.2) is 8.42 Å². The topological polar surface area (TPSA) is 84.9 Å². The smallest absolute Gasteiger partial charge is 0.260 e. The van der Waals surface area contributed by atoms with Gasteiger partial charge in [0.2, 0.25) is 0 Å². The molecule has 0 bridgehead atoms. The molecule has 7 nitrogen and oxygen atoms in total. The van der Waals surface area contributed by atoms with E-state index in [2.05, 4.69) is 5.32 Å². The average Bonchev–Trinajstić information content (AvgIpc) is 3.05. The minimum atomic E-state index is -2.89. The third-order valence-electron chi connectivity index (χ3n) is 5.20. The van der Waals surface area contributed by atoms with Crippen molar-refractivity contribution in [1.29, 1.82) is 0 Å². The summed E-state index contributed by atoms with van der Waals surface area (Å²) in [5, 5.41) is 3.30. The standard InChI is InChI=1S/C20H30N2O5S/c1-2-26-19-12-16(13-21-17-8-11-28(24,25)15-17)6-7-18(19)27-14-20(23)22-9-4-3-5-10-22/h6-7,12,17,21H,2-5,8-11,13-15H2,1H3. The molecule has 1 N–H and O–H groups in total. The summed E-state index contributed by atoms with van der Waals surface area (Å²) in [6.45, 7) is 4.58. The highest BCUT2D eigenvalue weighted by molar-refractivity contribution is 7.91. The molecule has 0 radical (unpaired) electrons. The Hall–Kier alpha value is -1.80. The van der Waals surface area contributed by atoms with E-state index in [1.165, 1.54) is 6.42 Å².